The first kappa shape index (κ1) is 10.7. The number of fused-ring (bicyclic) bond motifs is 1. The van der Waals surface area contributed by atoms with E-state index in [1.807, 2.05) is 0 Å². The maximum Gasteiger partial charge on any atom is 0.356 e. The van der Waals surface area contributed by atoms with E-state index in [9.17, 15) is 4.79 Å². The second-order valence-electron chi connectivity index (χ2n) is 3.19. The molecule has 0 spiro atoms. The first-order valence-electron chi connectivity index (χ1n) is 4.44. The molecule has 2 N–H and O–H groups in total. The zero-order chi connectivity index (χ0) is 11.9. The fourth-order valence-electron chi connectivity index (χ4n) is 1.33. The Morgan fingerprint density at radius 3 is 2.94 bits per heavy atom. The van der Waals surface area contributed by atoms with Crippen LogP contribution in [-0.2, 0) is 4.74 Å². The van der Waals surface area contributed by atoms with Crippen LogP contribution in [0.5, 0.6) is 0 Å². The number of rotatable bonds is 1. The van der Waals surface area contributed by atoms with Gasteiger partial charge >= 0.3 is 5.97 Å². The van der Waals surface area contributed by atoms with Crippen molar-refractivity contribution in [3.63, 3.8) is 0 Å². The van der Waals surface area contributed by atoms with E-state index in [0.717, 1.165) is 0 Å². The summed E-state index contributed by atoms with van der Waals surface area (Å²) in [5, 5.41) is 4.46. The van der Waals surface area contributed by atoms with Crippen molar-refractivity contribution in [2.75, 3.05) is 12.8 Å². The summed E-state index contributed by atoms with van der Waals surface area (Å²) in [7, 11) is 1.27. The monoisotopic (exact) mass is 240 g/mol. The molecule has 0 fully saturated rings. The number of nitrogens with zero attached hydrogens (tertiary/aromatic N) is 3. The summed E-state index contributed by atoms with van der Waals surface area (Å²) in [4.78, 5) is 15.4. The third-order valence-corrected chi connectivity index (χ3v) is 2.56. The fourth-order valence-corrected chi connectivity index (χ4v) is 1.49. The molecule has 0 aliphatic rings. The predicted octanol–water partition coefficient (Wildman–Crippen LogP) is 1.06. The molecule has 0 saturated carbocycles. The Hall–Kier alpha value is -1.82. The van der Waals surface area contributed by atoms with Crippen molar-refractivity contribution in [2.24, 2.45) is 0 Å². The van der Waals surface area contributed by atoms with Crippen LogP contribution in [0, 0.1) is 6.92 Å². The number of esters is 1. The minimum atomic E-state index is -0.566. The molecule has 2 aromatic heterocycles. The maximum absolute atomic E-state index is 11.3. The largest absolute Gasteiger partial charge is 0.464 e. The minimum Gasteiger partial charge on any atom is -0.464 e. The first-order chi connectivity index (χ1) is 7.54. The number of nitrogen functional groups attached to an aromatic ring is 1. The van der Waals surface area contributed by atoms with Crippen LogP contribution in [0.3, 0.4) is 0 Å². The highest BCUT2D eigenvalue weighted by molar-refractivity contribution is 6.34. The van der Waals surface area contributed by atoms with Crippen molar-refractivity contribution in [3.8, 4) is 0 Å². The van der Waals surface area contributed by atoms with E-state index < -0.39 is 5.97 Å². The fraction of sp³-hybridized carbons (Fsp3) is 0.222. The first-order valence-corrected chi connectivity index (χ1v) is 4.82. The molecule has 6 nitrogen and oxygen atoms in total. The molecule has 0 aliphatic heterocycles. The van der Waals surface area contributed by atoms with Crippen LogP contribution in [0.15, 0.2) is 6.07 Å². The van der Waals surface area contributed by atoms with Crippen LogP contribution in [0.1, 0.15) is 16.2 Å². The molecule has 16 heavy (non-hydrogen) atoms. The second-order valence-corrected chi connectivity index (χ2v) is 3.57. The summed E-state index contributed by atoms with van der Waals surface area (Å²) in [6.45, 7) is 1.73. The van der Waals surface area contributed by atoms with Gasteiger partial charge in [0, 0.05) is 6.07 Å². The van der Waals surface area contributed by atoms with E-state index in [-0.39, 0.29) is 11.5 Å². The van der Waals surface area contributed by atoms with E-state index in [0.29, 0.717) is 16.4 Å². The van der Waals surface area contributed by atoms with Crippen molar-refractivity contribution in [3.05, 3.63) is 22.5 Å². The smallest absolute Gasteiger partial charge is 0.356 e. The molecule has 2 heterocycles. The Labute approximate surface area is 96.0 Å². The summed E-state index contributed by atoms with van der Waals surface area (Å²) in [5.74, 6) is -0.287. The predicted molar refractivity (Wildman–Crippen MR) is 58.5 cm³/mol. The number of nitrogens with two attached hydrogens (primary N) is 1. The molecule has 0 aliphatic carbocycles. The molecule has 7 heteroatoms. The number of aromatic nitrogens is 3. The van der Waals surface area contributed by atoms with Gasteiger partial charge in [-0.3, -0.25) is 0 Å². The standard InChI is InChI=1S/C9H9ClN4O2/c1-4-7(10)8-12-5(9(15)16-2)3-6(11)14(8)13-4/h3H,11H2,1-2H3. The lowest BCUT2D eigenvalue weighted by Gasteiger charge is -2.02. The van der Waals surface area contributed by atoms with Crippen LogP contribution in [-0.4, -0.2) is 27.7 Å². The molecule has 2 rings (SSSR count). The minimum absolute atomic E-state index is 0.106. The zero-order valence-electron chi connectivity index (χ0n) is 8.69. The Morgan fingerprint density at radius 2 is 2.31 bits per heavy atom. The SMILES string of the molecule is COC(=O)c1cc(N)n2nc(C)c(Cl)c2n1. The van der Waals surface area contributed by atoms with Gasteiger partial charge < -0.3 is 10.5 Å². The summed E-state index contributed by atoms with van der Waals surface area (Å²) < 4.78 is 5.94. The molecular formula is C9H9ClN4O2. The molecule has 0 aromatic carbocycles. The van der Waals surface area contributed by atoms with Gasteiger partial charge in [0.15, 0.2) is 11.3 Å². The van der Waals surface area contributed by atoms with Crippen molar-refractivity contribution in [2.45, 2.75) is 6.92 Å². The number of hydrogen-bond acceptors (Lipinski definition) is 5. The van der Waals surface area contributed by atoms with E-state index in [1.54, 1.807) is 6.92 Å². The molecule has 2 aromatic rings. The Bertz CT molecular complexity index is 578. The van der Waals surface area contributed by atoms with Gasteiger partial charge in [-0.1, -0.05) is 11.6 Å². The van der Waals surface area contributed by atoms with Crippen molar-refractivity contribution in [1.82, 2.24) is 14.6 Å². The van der Waals surface area contributed by atoms with Crippen molar-refractivity contribution in [1.29, 1.82) is 0 Å². The van der Waals surface area contributed by atoms with Crippen LogP contribution in [0.2, 0.25) is 5.02 Å². The quantitative estimate of drug-likeness (QED) is 0.754. The van der Waals surface area contributed by atoms with E-state index in [1.165, 1.54) is 17.7 Å². The van der Waals surface area contributed by atoms with Crippen LogP contribution in [0.4, 0.5) is 5.82 Å². The molecule has 0 unspecified atom stereocenters. The Balaban J connectivity index is 2.75. The van der Waals surface area contributed by atoms with E-state index >= 15 is 0 Å². The maximum atomic E-state index is 11.3. The zero-order valence-corrected chi connectivity index (χ0v) is 9.45. The van der Waals surface area contributed by atoms with Gasteiger partial charge in [0.05, 0.1) is 12.8 Å². The highest BCUT2D eigenvalue weighted by Gasteiger charge is 2.15. The van der Waals surface area contributed by atoms with Crippen LogP contribution in [0.25, 0.3) is 5.65 Å². The van der Waals surface area contributed by atoms with Gasteiger partial charge in [-0.15, -0.1) is 0 Å². The van der Waals surface area contributed by atoms with E-state index in [2.05, 4.69) is 14.8 Å². The van der Waals surface area contributed by atoms with Gasteiger partial charge in [0.2, 0.25) is 0 Å². The average molecular weight is 241 g/mol. The number of halogens is 1. The number of hydrogen-bond donors (Lipinski definition) is 1. The Kier molecular flexibility index (Phi) is 2.43. The lowest BCUT2D eigenvalue weighted by Crippen LogP contribution is -2.09. The van der Waals surface area contributed by atoms with Gasteiger partial charge in [-0.05, 0) is 6.92 Å². The molecule has 0 atom stereocenters. The lowest BCUT2D eigenvalue weighted by atomic mass is 10.4. The summed E-state index contributed by atoms with van der Waals surface area (Å²) >= 11 is 5.98. The van der Waals surface area contributed by atoms with Crippen LogP contribution < -0.4 is 5.73 Å². The van der Waals surface area contributed by atoms with Gasteiger partial charge in [-0.2, -0.15) is 9.61 Å². The number of ether oxygens (including phenoxy) is 1. The second kappa shape index (κ2) is 3.64. The molecule has 0 amide bonds. The van der Waals surface area contributed by atoms with Gasteiger partial charge in [0.1, 0.15) is 10.8 Å². The molecule has 0 saturated heterocycles. The topological polar surface area (TPSA) is 82.5 Å². The number of anilines is 1. The molecule has 84 valence electrons. The number of carbonyl (C=O) groups is 1. The molecular weight excluding hydrogens is 232 g/mol. The Morgan fingerprint density at radius 1 is 1.62 bits per heavy atom. The van der Waals surface area contributed by atoms with Gasteiger partial charge in [-0.25, -0.2) is 9.78 Å². The van der Waals surface area contributed by atoms with Gasteiger partial charge in [0.25, 0.3) is 0 Å². The van der Waals surface area contributed by atoms with Crippen molar-refractivity contribution >= 4 is 29.0 Å². The number of carbonyl (C=O) groups excluding carboxylic acids is 1. The lowest BCUT2D eigenvalue weighted by molar-refractivity contribution is 0.0594. The highest BCUT2D eigenvalue weighted by Crippen LogP contribution is 2.22. The molecule has 0 radical (unpaired) electrons. The average Bonchev–Trinajstić information content (AvgIpc) is 2.56. The normalized spacial score (nSPS) is 10.7. The summed E-state index contributed by atoms with van der Waals surface area (Å²) in [6.07, 6.45) is 0. The summed E-state index contributed by atoms with van der Waals surface area (Å²) in [5.41, 5.74) is 6.78. The van der Waals surface area contributed by atoms with E-state index in [4.69, 9.17) is 17.3 Å². The number of methoxy groups -OCH3 is 1. The van der Waals surface area contributed by atoms with Crippen LogP contribution >= 0.6 is 11.6 Å². The number of aryl methyl sites for hydroxylation is 1. The molecule has 0 bridgehead atoms. The summed E-state index contributed by atoms with van der Waals surface area (Å²) in [6, 6.07) is 1.39. The third-order valence-electron chi connectivity index (χ3n) is 2.11. The highest BCUT2D eigenvalue weighted by atomic mass is 35.5. The third kappa shape index (κ3) is 1.47. The van der Waals surface area contributed by atoms with Crippen molar-refractivity contribution < 1.29 is 9.53 Å².